The summed E-state index contributed by atoms with van der Waals surface area (Å²) < 4.78 is 14.4. The Balaban J connectivity index is 1.43. The molecule has 0 bridgehead atoms. The fraction of sp³-hybridized carbons (Fsp3) is 0.143. The van der Waals surface area contributed by atoms with Gasteiger partial charge in [0.15, 0.2) is 0 Å². The standard InChI is InChI=1S/C21H19FN4O2Se/c22-15-4-3-5-16(10-15)26-12-20(24-13-27)29-21(26)25-19(28)9-8-14-11-23-18-7-2-1-6-17(14)18/h1-7,10-13,21,23H,8-9H2,(H,24,27)(H,25,28). The van der Waals surface area contributed by atoms with Crippen molar-refractivity contribution in [1.29, 1.82) is 0 Å². The van der Waals surface area contributed by atoms with Crippen LogP contribution in [0.25, 0.3) is 10.9 Å². The Kier molecular flexibility index (Phi) is 5.64. The first-order valence-electron chi connectivity index (χ1n) is 9.11. The summed E-state index contributed by atoms with van der Waals surface area (Å²) in [6.45, 7) is 0. The number of benzene rings is 2. The van der Waals surface area contributed by atoms with Crippen LogP contribution in [-0.2, 0) is 16.0 Å². The Bertz CT molecular complexity index is 1080. The van der Waals surface area contributed by atoms with Gasteiger partial charge in [0, 0.05) is 0 Å². The van der Waals surface area contributed by atoms with Crippen molar-refractivity contribution < 1.29 is 14.0 Å². The molecule has 0 saturated heterocycles. The maximum atomic E-state index is 13.7. The van der Waals surface area contributed by atoms with Crippen molar-refractivity contribution in [3.63, 3.8) is 0 Å². The Morgan fingerprint density at radius 2 is 2.10 bits per heavy atom. The first kappa shape index (κ1) is 19.2. The zero-order valence-corrected chi connectivity index (χ0v) is 17.1. The van der Waals surface area contributed by atoms with Crippen molar-refractivity contribution in [3.8, 4) is 0 Å². The van der Waals surface area contributed by atoms with E-state index in [1.54, 1.807) is 23.2 Å². The molecule has 1 aromatic heterocycles. The number of rotatable bonds is 7. The van der Waals surface area contributed by atoms with Gasteiger partial charge in [-0.3, -0.25) is 0 Å². The summed E-state index contributed by atoms with van der Waals surface area (Å²) in [5.74, 6) is -0.450. The van der Waals surface area contributed by atoms with Crippen LogP contribution in [-0.4, -0.2) is 37.3 Å². The second kappa shape index (κ2) is 8.51. The van der Waals surface area contributed by atoms with E-state index in [2.05, 4.69) is 15.6 Å². The number of anilines is 1. The number of aromatic amines is 1. The molecule has 1 aliphatic heterocycles. The third-order valence-electron chi connectivity index (χ3n) is 4.64. The van der Waals surface area contributed by atoms with Gasteiger partial charge in [0.1, 0.15) is 0 Å². The molecule has 3 N–H and O–H groups in total. The topological polar surface area (TPSA) is 77.2 Å². The number of halogens is 1. The molecule has 2 amide bonds. The van der Waals surface area contributed by atoms with Crippen LogP contribution >= 0.6 is 0 Å². The summed E-state index contributed by atoms with van der Waals surface area (Å²) in [7, 11) is 0. The van der Waals surface area contributed by atoms with Crippen LogP contribution in [0.2, 0.25) is 0 Å². The van der Waals surface area contributed by atoms with Gasteiger partial charge in [0.25, 0.3) is 0 Å². The fourth-order valence-corrected chi connectivity index (χ4v) is 5.41. The van der Waals surface area contributed by atoms with Crippen molar-refractivity contribution in [1.82, 2.24) is 15.6 Å². The number of hydrogen-bond acceptors (Lipinski definition) is 3. The second-order valence-electron chi connectivity index (χ2n) is 6.54. The van der Waals surface area contributed by atoms with Crippen molar-refractivity contribution in [2.24, 2.45) is 0 Å². The molecule has 3 aromatic rings. The number of aryl methyl sites for hydroxylation is 1. The van der Waals surface area contributed by atoms with E-state index in [1.165, 1.54) is 12.1 Å². The van der Waals surface area contributed by atoms with Crippen LogP contribution in [0.3, 0.4) is 0 Å². The van der Waals surface area contributed by atoms with Gasteiger partial charge in [0.05, 0.1) is 0 Å². The van der Waals surface area contributed by atoms with Crippen LogP contribution in [0.15, 0.2) is 65.5 Å². The Morgan fingerprint density at radius 3 is 2.93 bits per heavy atom. The van der Waals surface area contributed by atoms with Crippen molar-refractivity contribution in [2.45, 2.75) is 17.9 Å². The molecule has 1 unspecified atom stereocenters. The first-order chi connectivity index (χ1) is 14.1. The monoisotopic (exact) mass is 458 g/mol. The van der Waals surface area contributed by atoms with E-state index in [4.69, 9.17) is 0 Å². The average Bonchev–Trinajstić information content (AvgIpc) is 3.31. The first-order valence-corrected chi connectivity index (χ1v) is 11.0. The summed E-state index contributed by atoms with van der Waals surface area (Å²) in [5, 5.41) is 6.46. The third-order valence-corrected chi connectivity index (χ3v) is 6.83. The van der Waals surface area contributed by atoms with Crippen molar-refractivity contribution >= 4 is 43.9 Å². The van der Waals surface area contributed by atoms with Crippen LogP contribution < -0.4 is 15.5 Å². The number of H-pyrrole nitrogens is 1. The van der Waals surface area contributed by atoms with Gasteiger partial charge in [-0.1, -0.05) is 0 Å². The van der Waals surface area contributed by atoms with Crippen molar-refractivity contribution in [2.75, 3.05) is 4.90 Å². The van der Waals surface area contributed by atoms with Crippen LogP contribution in [0.1, 0.15) is 12.0 Å². The van der Waals surface area contributed by atoms with E-state index < -0.39 is 0 Å². The molecule has 0 fully saturated rings. The zero-order valence-electron chi connectivity index (χ0n) is 15.4. The maximum absolute atomic E-state index is 13.7. The average molecular weight is 457 g/mol. The van der Waals surface area contributed by atoms with E-state index in [0.29, 0.717) is 24.9 Å². The van der Waals surface area contributed by atoms with Gasteiger partial charge in [-0.15, -0.1) is 0 Å². The van der Waals surface area contributed by atoms with Crippen LogP contribution in [0.5, 0.6) is 0 Å². The van der Waals surface area contributed by atoms with Gasteiger partial charge in [-0.25, -0.2) is 0 Å². The molecule has 4 rings (SSSR count). The number of hydrogen-bond donors (Lipinski definition) is 3. The number of amides is 2. The van der Waals surface area contributed by atoms with Gasteiger partial charge >= 0.3 is 173 Å². The van der Waals surface area contributed by atoms with Gasteiger partial charge < -0.3 is 0 Å². The molecule has 0 aliphatic carbocycles. The van der Waals surface area contributed by atoms with E-state index in [1.807, 2.05) is 30.5 Å². The fourth-order valence-electron chi connectivity index (χ4n) is 3.27. The molecule has 1 atom stereocenters. The molecule has 1 aliphatic rings. The van der Waals surface area contributed by atoms with Crippen LogP contribution in [0, 0.1) is 5.82 Å². The summed E-state index contributed by atoms with van der Waals surface area (Å²) in [6.07, 6.45) is 5.24. The molecule has 29 heavy (non-hydrogen) atoms. The molecule has 8 heteroatoms. The second-order valence-corrected chi connectivity index (χ2v) is 8.89. The minimum absolute atomic E-state index is 0.0932. The Morgan fingerprint density at radius 1 is 1.24 bits per heavy atom. The molecule has 2 heterocycles. The molecule has 0 saturated carbocycles. The number of nitrogens with one attached hydrogen (secondary N) is 3. The quantitative estimate of drug-likeness (QED) is 0.377. The summed E-state index contributed by atoms with van der Waals surface area (Å²) in [5.41, 5.74) is 2.76. The summed E-state index contributed by atoms with van der Waals surface area (Å²) in [4.78, 5) is 28.4. The number of carbonyl (C=O) groups excluding carboxylic acids is 2. The molecule has 6 nitrogen and oxygen atoms in total. The van der Waals surface area contributed by atoms with Gasteiger partial charge in [-0.05, 0) is 0 Å². The number of fused-ring (bicyclic) bond motifs is 1. The predicted octanol–water partition coefficient (Wildman–Crippen LogP) is 2.41. The number of nitrogens with zero attached hydrogens (tertiary/aromatic N) is 1. The Labute approximate surface area is 173 Å². The molecule has 0 spiro atoms. The SMILES string of the molecule is O=CNC1=CN(c2cccc(F)c2)C(NC(=O)CCc2c[nH]c3ccccc23)[Se]1. The van der Waals surface area contributed by atoms with E-state index >= 15 is 0 Å². The molecular weight excluding hydrogens is 438 g/mol. The number of para-hydroxylation sites is 1. The normalized spacial score (nSPS) is 16.0. The minimum atomic E-state index is -0.357. The number of aromatic nitrogens is 1. The zero-order chi connectivity index (χ0) is 20.2. The summed E-state index contributed by atoms with van der Waals surface area (Å²) in [6, 6.07) is 14.1. The number of carbonyl (C=O) groups is 2. The third kappa shape index (κ3) is 4.34. The Hall–Kier alpha value is -3.09. The van der Waals surface area contributed by atoms with E-state index in [0.717, 1.165) is 21.1 Å². The summed E-state index contributed by atoms with van der Waals surface area (Å²) >= 11 is -0.219. The molecule has 0 radical (unpaired) electrons. The van der Waals surface area contributed by atoms with Crippen molar-refractivity contribution in [3.05, 3.63) is 76.9 Å². The van der Waals surface area contributed by atoms with E-state index in [9.17, 15) is 14.0 Å². The predicted molar refractivity (Wildman–Crippen MR) is 110 cm³/mol. The molecule has 2 aromatic carbocycles. The van der Waals surface area contributed by atoms with Crippen LogP contribution in [0.4, 0.5) is 10.1 Å². The van der Waals surface area contributed by atoms with Gasteiger partial charge in [-0.2, -0.15) is 0 Å². The molecular formula is C21H19FN4O2Se. The molecule has 148 valence electrons. The van der Waals surface area contributed by atoms with E-state index in [-0.39, 0.29) is 31.7 Å². The van der Waals surface area contributed by atoms with Gasteiger partial charge in [0.2, 0.25) is 0 Å².